The van der Waals surface area contributed by atoms with Crippen LogP contribution in [0.3, 0.4) is 0 Å². The molecule has 0 aromatic heterocycles. The molecule has 114 valence electrons. The third-order valence-corrected chi connectivity index (χ3v) is 2.84. The average Bonchev–Trinajstić information content (AvgIpc) is 2.51. The van der Waals surface area contributed by atoms with Gasteiger partial charge < -0.3 is 10.1 Å². The van der Waals surface area contributed by atoms with Crippen LogP contribution in [-0.2, 0) is 4.74 Å². The van der Waals surface area contributed by atoms with Crippen LogP contribution in [0.5, 0.6) is 0 Å². The summed E-state index contributed by atoms with van der Waals surface area (Å²) in [5.74, 6) is -3.15. The molecule has 0 aliphatic carbocycles. The Labute approximate surface area is 125 Å². The van der Waals surface area contributed by atoms with Crippen LogP contribution >= 0.6 is 0 Å². The highest BCUT2D eigenvalue weighted by Gasteiger charge is 2.11. The Bertz CT molecular complexity index is 699. The maximum atomic E-state index is 13.1. The normalized spacial score (nSPS) is 10.1. The van der Waals surface area contributed by atoms with Gasteiger partial charge in [0.1, 0.15) is 0 Å². The molecule has 0 atom stereocenters. The zero-order valence-corrected chi connectivity index (χ0v) is 11.7. The fourth-order valence-corrected chi connectivity index (χ4v) is 1.74. The lowest BCUT2D eigenvalue weighted by Gasteiger charge is -2.07. The number of halogens is 2. The summed E-state index contributed by atoms with van der Waals surface area (Å²) in [6, 6.07) is 8.91. The Morgan fingerprint density at radius 2 is 1.64 bits per heavy atom. The second-order valence-electron chi connectivity index (χ2n) is 4.38. The van der Waals surface area contributed by atoms with E-state index in [-0.39, 0.29) is 12.2 Å². The molecule has 1 amide bonds. The Morgan fingerprint density at radius 1 is 1.00 bits per heavy atom. The van der Waals surface area contributed by atoms with Crippen molar-refractivity contribution in [3.8, 4) is 0 Å². The van der Waals surface area contributed by atoms with Crippen molar-refractivity contribution in [2.24, 2.45) is 0 Å². The van der Waals surface area contributed by atoms with Crippen molar-refractivity contribution in [1.29, 1.82) is 0 Å². The molecule has 0 saturated carbocycles. The molecular weight excluding hydrogens is 292 g/mol. The minimum Gasteiger partial charge on any atom is -0.462 e. The van der Waals surface area contributed by atoms with Crippen molar-refractivity contribution in [1.82, 2.24) is 0 Å². The first-order chi connectivity index (χ1) is 10.5. The van der Waals surface area contributed by atoms with Gasteiger partial charge in [0.2, 0.25) is 0 Å². The number of benzene rings is 2. The maximum Gasteiger partial charge on any atom is 0.338 e. The van der Waals surface area contributed by atoms with E-state index in [2.05, 4.69) is 5.32 Å². The second kappa shape index (κ2) is 6.80. The van der Waals surface area contributed by atoms with Gasteiger partial charge in [-0.1, -0.05) is 0 Å². The van der Waals surface area contributed by atoms with E-state index in [1.807, 2.05) is 0 Å². The minimum atomic E-state index is -1.09. The number of carbonyl (C=O) groups is 2. The zero-order chi connectivity index (χ0) is 16.1. The Kier molecular flexibility index (Phi) is 4.83. The highest BCUT2D eigenvalue weighted by atomic mass is 19.2. The molecule has 2 rings (SSSR count). The number of carbonyl (C=O) groups excluding carboxylic acids is 2. The molecule has 22 heavy (non-hydrogen) atoms. The lowest BCUT2D eigenvalue weighted by atomic mass is 10.1. The quantitative estimate of drug-likeness (QED) is 0.881. The Hall–Kier alpha value is -2.76. The topological polar surface area (TPSA) is 55.4 Å². The summed E-state index contributed by atoms with van der Waals surface area (Å²) in [6.07, 6.45) is 0. The summed E-state index contributed by atoms with van der Waals surface area (Å²) < 4.78 is 30.7. The van der Waals surface area contributed by atoms with Crippen molar-refractivity contribution >= 4 is 17.6 Å². The molecule has 0 aliphatic heterocycles. The van der Waals surface area contributed by atoms with Crippen LogP contribution in [0.2, 0.25) is 0 Å². The lowest BCUT2D eigenvalue weighted by Crippen LogP contribution is -2.12. The van der Waals surface area contributed by atoms with Crippen LogP contribution in [0.4, 0.5) is 14.5 Å². The Balaban J connectivity index is 2.08. The third-order valence-electron chi connectivity index (χ3n) is 2.84. The Morgan fingerprint density at radius 3 is 2.23 bits per heavy atom. The summed E-state index contributed by atoms with van der Waals surface area (Å²) >= 11 is 0. The predicted molar refractivity (Wildman–Crippen MR) is 76.7 cm³/mol. The summed E-state index contributed by atoms with van der Waals surface area (Å²) in [4.78, 5) is 23.4. The second-order valence-corrected chi connectivity index (χ2v) is 4.38. The minimum absolute atomic E-state index is 0.00614. The van der Waals surface area contributed by atoms with Crippen molar-refractivity contribution in [2.45, 2.75) is 6.92 Å². The summed E-state index contributed by atoms with van der Waals surface area (Å²) in [5, 5.41) is 2.52. The van der Waals surface area contributed by atoms with Crippen molar-refractivity contribution < 1.29 is 23.1 Å². The molecule has 0 spiro atoms. The highest BCUT2D eigenvalue weighted by Crippen LogP contribution is 2.14. The number of esters is 1. The van der Waals surface area contributed by atoms with Crippen LogP contribution in [0.25, 0.3) is 0 Å². The van der Waals surface area contributed by atoms with Crippen molar-refractivity contribution in [3.63, 3.8) is 0 Å². The molecular formula is C16H13F2NO3. The molecule has 0 heterocycles. The molecule has 4 nitrogen and oxygen atoms in total. The molecule has 0 bridgehead atoms. The molecule has 2 aromatic rings. The molecule has 0 aliphatic rings. The number of hydrogen-bond acceptors (Lipinski definition) is 3. The smallest absolute Gasteiger partial charge is 0.338 e. The number of nitrogens with one attached hydrogen (secondary N) is 1. The molecule has 2 aromatic carbocycles. The van der Waals surface area contributed by atoms with Gasteiger partial charge >= 0.3 is 5.97 Å². The number of ether oxygens (including phenoxy) is 1. The van der Waals surface area contributed by atoms with Gasteiger partial charge in [-0.3, -0.25) is 4.79 Å². The van der Waals surface area contributed by atoms with Crippen LogP contribution in [0, 0.1) is 11.6 Å². The summed E-state index contributed by atoms with van der Waals surface area (Å²) in [6.45, 7) is 1.97. The van der Waals surface area contributed by atoms with Gasteiger partial charge in [-0.05, 0) is 49.4 Å². The van der Waals surface area contributed by atoms with E-state index in [1.54, 1.807) is 6.92 Å². The van der Waals surface area contributed by atoms with Gasteiger partial charge in [0.15, 0.2) is 11.6 Å². The molecule has 6 heteroatoms. The fraction of sp³-hybridized carbons (Fsp3) is 0.125. The van der Waals surface area contributed by atoms with Crippen molar-refractivity contribution in [3.05, 3.63) is 65.2 Å². The first kappa shape index (κ1) is 15.6. The average molecular weight is 305 g/mol. The number of rotatable bonds is 4. The highest BCUT2D eigenvalue weighted by molar-refractivity contribution is 6.04. The monoisotopic (exact) mass is 305 g/mol. The van der Waals surface area contributed by atoms with E-state index in [1.165, 1.54) is 30.3 Å². The number of amides is 1. The number of anilines is 1. The summed E-state index contributed by atoms with van der Waals surface area (Å²) in [5.41, 5.74) is 0.767. The summed E-state index contributed by atoms with van der Waals surface area (Å²) in [7, 11) is 0. The standard InChI is InChI=1S/C16H13F2NO3/c1-2-22-16(21)10-3-6-12(7-4-10)19-15(20)11-5-8-13(17)14(18)9-11/h3-9H,2H2,1H3,(H,19,20). The van der Waals surface area contributed by atoms with Crippen LogP contribution in [0.15, 0.2) is 42.5 Å². The molecule has 0 fully saturated rings. The maximum absolute atomic E-state index is 13.1. The van der Waals surface area contributed by atoms with Crippen LogP contribution in [0.1, 0.15) is 27.6 Å². The van der Waals surface area contributed by atoms with E-state index in [0.717, 1.165) is 12.1 Å². The van der Waals surface area contributed by atoms with Gasteiger partial charge in [-0.25, -0.2) is 13.6 Å². The zero-order valence-electron chi connectivity index (χ0n) is 11.7. The first-order valence-electron chi connectivity index (χ1n) is 6.55. The van der Waals surface area contributed by atoms with Crippen LogP contribution < -0.4 is 5.32 Å². The molecule has 0 radical (unpaired) electrons. The van der Waals surface area contributed by atoms with Gasteiger partial charge in [-0.2, -0.15) is 0 Å². The van der Waals surface area contributed by atoms with Gasteiger partial charge in [0.25, 0.3) is 5.91 Å². The predicted octanol–water partition coefficient (Wildman–Crippen LogP) is 3.39. The number of hydrogen-bond donors (Lipinski definition) is 1. The van der Waals surface area contributed by atoms with E-state index in [4.69, 9.17) is 4.74 Å². The lowest BCUT2D eigenvalue weighted by molar-refractivity contribution is 0.0526. The van der Waals surface area contributed by atoms with E-state index in [0.29, 0.717) is 11.3 Å². The first-order valence-corrected chi connectivity index (χ1v) is 6.55. The largest absolute Gasteiger partial charge is 0.462 e. The van der Waals surface area contributed by atoms with Gasteiger partial charge in [0.05, 0.1) is 12.2 Å². The van der Waals surface area contributed by atoms with Crippen molar-refractivity contribution in [2.75, 3.05) is 11.9 Å². The van der Waals surface area contributed by atoms with E-state index in [9.17, 15) is 18.4 Å². The van der Waals surface area contributed by atoms with Gasteiger partial charge in [0, 0.05) is 11.3 Å². The van der Waals surface area contributed by atoms with E-state index < -0.39 is 23.5 Å². The third kappa shape index (κ3) is 3.66. The van der Waals surface area contributed by atoms with E-state index >= 15 is 0 Å². The SMILES string of the molecule is CCOC(=O)c1ccc(NC(=O)c2ccc(F)c(F)c2)cc1. The van der Waals surface area contributed by atoms with Crippen LogP contribution in [-0.4, -0.2) is 18.5 Å². The van der Waals surface area contributed by atoms with Gasteiger partial charge in [-0.15, -0.1) is 0 Å². The molecule has 0 unspecified atom stereocenters. The fourth-order valence-electron chi connectivity index (χ4n) is 1.74. The molecule has 1 N–H and O–H groups in total. The molecule has 0 saturated heterocycles.